The average Bonchev–Trinajstić information content (AvgIpc) is 2.34. The summed E-state index contributed by atoms with van der Waals surface area (Å²) in [7, 11) is 0. The van der Waals surface area contributed by atoms with Crippen LogP contribution < -0.4 is 10.5 Å². The first kappa shape index (κ1) is 12.4. The maximum atomic E-state index is 13.7. The summed E-state index contributed by atoms with van der Waals surface area (Å²) >= 11 is 0. The molecule has 2 rings (SSSR count). The Morgan fingerprint density at radius 3 is 2.61 bits per heavy atom. The van der Waals surface area contributed by atoms with Gasteiger partial charge in [-0.1, -0.05) is 12.1 Å². The molecule has 0 aliphatic heterocycles. The lowest BCUT2D eigenvalue weighted by Gasteiger charge is -2.08. The summed E-state index contributed by atoms with van der Waals surface area (Å²) in [6.07, 6.45) is 0. The molecule has 2 aromatic rings. The maximum Gasteiger partial charge on any atom is 0.146 e. The van der Waals surface area contributed by atoms with E-state index in [2.05, 4.69) is 0 Å². The minimum atomic E-state index is -0.631. The normalized spacial score (nSPS) is 10.4. The number of nitrogen functional groups attached to an aromatic ring is 1. The lowest BCUT2D eigenvalue weighted by Crippen LogP contribution is -1.95. The number of hydrogen-bond acceptors (Lipinski definition) is 2. The van der Waals surface area contributed by atoms with Gasteiger partial charge in [-0.25, -0.2) is 8.78 Å². The number of ether oxygens (including phenoxy) is 1. The fourth-order valence-corrected chi connectivity index (χ4v) is 1.70. The van der Waals surface area contributed by atoms with Gasteiger partial charge in [-0.3, -0.25) is 0 Å². The van der Waals surface area contributed by atoms with Crippen LogP contribution in [-0.4, -0.2) is 6.61 Å². The second-order valence-electron chi connectivity index (χ2n) is 3.81. The maximum absolute atomic E-state index is 13.7. The van der Waals surface area contributed by atoms with E-state index < -0.39 is 11.6 Å². The van der Waals surface area contributed by atoms with Crippen LogP contribution in [0.2, 0.25) is 0 Å². The number of anilines is 1. The van der Waals surface area contributed by atoms with Gasteiger partial charge in [-0.2, -0.15) is 0 Å². The largest absolute Gasteiger partial charge is 0.494 e. The molecule has 18 heavy (non-hydrogen) atoms. The second kappa shape index (κ2) is 5.04. The highest BCUT2D eigenvalue weighted by Crippen LogP contribution is 2.29. The van der Waals surface area contributed by atoms with E-state index in [1.165, 1.54) is 0 Å². The van der Waals surface area contributed by atoms with Crippen molar-refractivity contribution >= 4 is 5.69 Å². The zero-order chi connectivity index (χ0) is 13.1. The van der Waals surface area contributed by atoms with Gasteiger partial charge >= 0.3 is 0 Å². The fraction of sp³-hybridized carbons (Fsp3) is 0.143. The molecule has 0 radical (unpaired) electrons. The molecule has 0 heterocycles. The van der Waals surface area contributed by atoms with E-state index in [1.807, 2.05) is 6.92 Å². The molecule has 0 saturated heterocycles. The smallest absolute Gasteiger partial charge is 0.146 e. The van der Waals surface area contributed by atoms with Crippen molar-refractivity contribution in [3.8, 4) is 16.9 Å². The lowest BCUT2D eigenvalue weighted by molar-refractivity contribution is 0.340. The van der Waals surface area contributed by atoms with Crippen LogP contribution >= 0.6 is 0 Å². The van der Waals surface area contributed by atoms with Gasteiger partial charge in [0.05, 0.1) is 12.3 Å². The monoisotopic (exact) mass is 249 g/mol. The van der Waals surface area contributed by atoms with E-state index in [0.29, 0.717) is 17.9 Å². The highest BCUT2D eigenvalue weighted by molar-refractivity contribution is 5.68. The third-order valence-corrected chi connectivity index (χ3v) is 2.54. The van der Waals surface area contributed by atoms with E-state index in [4.69, 9.17) is 10.5 Å². The lowest BCUT2D eigenvalue weighted by atomic mass is 10.0. The van der Waals surface area contributed by atoms with Crippen LogP contribution in [-0.2, 0) is 0 Å². The molecule has 2 nitrogen and oxygen atoms in total. The van der Waals surface area contributed by atoms with Crippen molar-refractivity contribution < 1.29 is 13.5 Å². The molecule has 94 valence electrons. The zero-order valence-corrected chi connectivity index (χ0v) is 9.91. The Kier molecular flexibility index (Phi) is 3.46. The molecule has 2 aromatic carbocycles. The van der Waals surface area contributed by atoms with Crippen LogP contribution in [0.5, 0.6) is 5.75 Å². The summed E-state index contributed by atoms with van der Waals surface area (Å²) in [6, 6.07) is 8.93. The fourth-order valence-electron chi connectivity index (χ4n) is 1.70. The number of halogens is 2. The predicted octanol–water partition coefficient (Wildman–Crippen LogP) is 3.61. The topological polar surface area (TPSA) is 35.2 Å². The zero-order valence-electron chi connectivity index (χ0n) is 9.91. The SMILES string of the molecule is CCOc1cccc(-c2cc(F)c(N)cc2F)c1. The van der Waals surface area contributed by atoms with Crippen LogP contribution in [0.15, 0.2) is 36.4 Å². The minimum absolute atomic E-state index is 0.170. The van der Waals surface area contributed by atoms with Gasteiger partial charge in [0.1, 0.15) is 17.4 Å². The van der Waals surface area contributed by atoms with Crippen LogP contribution in [0, 0.1) is 11.6 Å². The molecule has 0 aliphatic rings. The Balaban J connectivity index is 2.48. The van der Waals surface area contributed by atoms with Crippen LogP contribution in [0.4, 0.5) is 14.5 Å². The Labute approximate surface area is 104 Å². The quantitative estimate of drug-likeness (QED) is 0.843. The van der Waals surface area contributed by atoms with Gasteiger partial charge in [0, 0.05) is 11.6 Å². The molecular formula is C14H13F2NO. The molecule has 0 atom stereocenters. The number of benzene rings is 2. The van der Waals surface area contributed by atoms with E-state index in [9.17, 15) is 8.78 Å². The van der Waals surface area contributed by atoms with Crippen molar-refractivity contribution in [3.63, 3.8) is 0 Å². The van der Waals surface area contributed by atoms with E-state index in [0.717, 1.165) is 12.1 Å². The van der Waals surface area contributed by atoms with E-state index >= 15 is 0 Å². The predicted molar refractivity (Wildman–Crippen MR) is 67.4 cm³/mol. The molecule has 0 spiro atoms. The van der Waals surface area contributed by atoms with Gasteiger partial charge < -0.3 is 10.5 Å². The minimum Gasteiger partial charge on any atom is -0.494 e. The molecule has 0 bridgehead atoms. The van der Waals surface area contributed by atoms with Gasteiger partial charge in [0.15, 0.2) is 0 Å². The van der Waals surface area contributed by atoms with Crippen molar-refractivity contribution in [1.82, 2.24) is 0 Å². The molecule has 0 fully saturated rings. The standard InChI is InChI=1S/C14H13F2NO/c1-2-18-10-5-3-4-9(6-10)11-7-13(16)14(17)8-12(11)15/h3-8H,2,17H2,1H3. The van der Waals surface area contributed by atoms with Crippen LogP contribution in [0.1, 0.15) is 6.92 Å². The Morgan fingerprint density at radius 1 is 1.11 bits per heavy atom. The van der Waals surface area contributed by atoms with Crippen molar-refractivity contribution in [2.75, 3.05) is 12.3 Å². The number of nitrogens with two attached hydrogens (primary N) is 1. The molecule has 0 aromatic heterocycles. The molecule has 0 aliphatic carbocycles. The summed E-state index contributed by atoms with van der Waals surface area (Å²) in [5, 5.41) is 0. The van der Waals surface area contributed by atoms with Crippen molar-refractivity contribution in [2.45, 2.75) is 6.92 Å². The summed E-state index contributed by atoms with van der Waals surface area (Å²) in [4.78, 5) is 0. The third kappa shape index (κ3) is 2.42. The second-order valence-corrected chi connectivity index (χ2v) is 3.81. The van der Waals surface area contributed by atoms with Gasteiger partial charge in [0.2, 0.25) is 0 Å². The highest BCUT2D eigenvalue weighted by Gasteiger charge is 2.10. The van der Waals surface area contributed by atoms with Crippen LogP contribution in [0.25, 0.3) is 11.1 Å². The van der Waals surface area contributed by atoms with Crippen molar-refractivity contribution in [2.24, 2.45) is 0 Å². The summed E-state index contributed by atoms with van der Waals surface area (Å²) in [5.41, 5.74) is 5.83. The Hall–Kier alpha value is -2.10. The number of hydrogen-bond donors (Lipinski definition) is 1. The average molecular weight is 249 g/mol. The third-order valence-electron chi connectivity index (χ3n) is 2.54. The molecule has 0 unspecified atom stereocenters. The first-order valence-electron chi connectivity index (χ1n) is 5.59. The molecular weight excluding hydrogens is 236 g/mol. The number of rotatable bonds is 3. The van der Waals surface area contributed by atoms with E-state index in [1.54, 1.807) is 24.3 Å². The van der Waals surface area contributed by atoms with Crippen LogP contribution in [0.3, 0.4) is 0 Å². The molecule has 0 saturated carbocycles. The first-order valence-corrected chi connectivity index (χ1v) is 5.59. The summed E-state index contributed by atoms with van der Waals surface area (Å²) in [6.45, 7) is 2.37. The summed E-state index contributed by atoms with van der Waals surface area (Å²) in [5.74, 6) is -0.567. The highest BCUT2D eigenvalue weighted by atomic mass is 19.1. The van der Waals surface area contributed by atoms with Gasteiger partial charge in [-0.05, 0) is 30.7 Å². The van der Waals surface area contributed by atoms with Gasteiger partial charge in [0.25, 0.3) is 0 Å². The van der Waals surface area contributed by atoms with Gasteiger partial charge in [-0.15, -0.1) is 0 Å². The van der Waals surface area contributed by atoms with Crippen molar-refractivity contribution in [1.29, 1.82) is 0 Å². The molecule has 4 heteroatoms. The summed E-state index contributed by atoms with van der Waals surface area (Å²) < 4.78 is 32.4. The first-order chi connectivity index (χ1) is 8.61. The molecule has 0 amide bonds. The van der Waals surface area contributed by atoms with Crippen molar-refractivity contribution in [3.05, 3.63) is 48.0 Å². The Morgan fingerprint density at radius 2 is 1.89 bits per heavy atom. The molecule has 2 N–H and O–H groups in total. The Bertz CT molecular complexity index is 570. The van der Waals surface area contributed by atoms with E-state index in [-0.39, 0.29) is 11.3 Å².